The van der Waals surface area contributed by atoms with Gasteiger partial charge in [-0.3, -0.25) is 9.69 Å². The molecule has 0 aliphatic carbocycles. The minimum Gasteiger partial charge on any atom is -0.480 e. The highest BCUT2D eigenvalue weighted by Gasteiger charge is 2.16. The number of carbonyl (C=O) groups is 1. The van der Waals surface area contributed by atoms with Crippen molar-refractivity contribution in [3.05, 3.63) is 77.9 Å². The fourth-order valence-corrected chi connectivity index (χ4v) is 3.66. The molecule has 0 radical (unpaired) electrons. The molecular weight excluding hydrogens is 376 g/mol. The van der Waals surface area contributed by atoms with E-state index < -0.39 is 6.10 Å². The third-order valence-electron chi connectivity index (χ3n) is 5.42. The van der Waals surface area contributed by atoms with Crippen molar-refractivity contribution < 1.29 is 14.3 Å². The quantitative estimate of drug-likeness (QED) is 0.652. The predicted octanol–water partition coefficient (Wildman–Crippen LogP) is 3.76. The minimum atomic E-state index is -0.573. The van der Waals surface area contributed by atoms with Crippen LogP contribution in [0.3, 0.4) is 0 Å². The molecule has 1 aliphatic heterocycles. The summed E-state index contributed by atoms with van der Waals surface area (Å²) in [4.78, 5) is 14.9. The van der Waals surface area contributed by atoms with Crippen LogP contribution in [0.2, 0.25) is 0 Å². The molecule has 1 aliphatic rings. The lowest BCUT2D eigenvalue weighted by molar-refractivity contribution is -0.127. The largest absolute Gasteiger partial charge is 0.480 e. The average molecular weight is 405 g/mol. The molecule has 5 heteroatoms. The Morgan fingerprint density at radius 1 is 1.00 bits per heavy atom. The van der Waals surface area contributed by atoms with Gasteiger partial charge in [0.05, 0.1) is 13.2 Å². The monoisotopic (exact) mass is 404 g/mol. The van der Waals surface area contributed by atoms with Gasteiger partial charge in [-0.25, -0.2) is 0 Å². The van der Waals surface area contributed by atoms with E-state index in [1.54, 1.807) is 6.92 Å². The van der Waals surface area contributed by atoms with Crippen molar-refractivity contribution in [1.82, 2.24) is 10.2 Å². The molecule has 0 saturated carbocycles. The van der Waals surface area contributed by atoms with E-state index in [9.17, 15) is 4.79 Å². The fraction of sp³-hybridized carbons (Fsp3) is 0.320. The zero-order valence-corrected chi connectivity index (χ0v) is 17.3. The molecular formula is C25H28N2O3. The van der Waals surface area contributed by atoms with Crippen LogP contribution in [-0.2, 0) is 22.6 Å². The molecule has 1 fully saturated rings. The second-order valence-corrected chi connectivity index (χ2v) is 7.66. The summed E-state index contributed by atoms with van der Waals surface area (Å²) in [5, 5.41) is 5.08. The van der Waals surface area contributed by atoms with Crippen LogP contribution in [0.5, 0.6) is 5.75 Å². The van der Waals surface area contributed by atoms with Crippen LogP contribution in [0.4, 0.5) is 0 Å². The van der Waals surface area contributed by atoms with Crippen LogP contribution in [0.25, 0.3) is 10.8 Å². The van der Waals surface area contributed by atoms with E-state index >= 15 is 0 Å². The van der Waals surface area contributed by atoms with Crippen LogP contribution in [0.15, 0.2) is 66.7 Å². The Kier molecular flexibility index (Phi) is 6.62. The molecule has 30 heavy (non-hydrogen) atoms. The number of nitrogens with zero attached hydrogens (tertiary/aromatic N) is 1. The van der Waals surface area contributed by atoms with Gasteiger partial charge < -0.3 is 14.8 Å². The van der Waals surface area contributed by atoms with E-state index in [0.717, 1.165) is 54.9 Å². The van der Waals surface area contributed by atoms with Crippen molar-refractivity contribution in [3.8, 4) is 5.75 Å². The molecule has 0 spiro atoms. The summed E-state index contributed by atoms with van der Waals surface area (Å²) in [6.07, 6.45) is -0.573. The number of amides is 1. The van der Waals surface area contributed by atoms with Crippen molar-refractivity contribution >= 4 is 16.7 Å². The van der Waals surface area contributed by atoms with Crippen LogP contribution in [0.1, 0.15) is 18.1 Å². The molecule has 1 unspecified atom stereocenters. The maximum Gasteiger partial charge on any atom is 0.261 e. The fourth-order valence-electron chi connectivity index (χ4n) is 3.66. The molecule has 1 heterocycles. The number of nitrogens with one attached hydrogen (secondary N) is 1. The van der Waals surface area contributed by atoms with Crippen LogP contribution >= 0.6 is 0 Å². The summed E-state index contributed by atoms with van der Waals surface area (Å²) < 4.78 is 11.4. The van der Waals surface area contributed by atoms with Crippen LogP contribution < -0.4 is 10.1 Å². The minimum absolute atomic E-state index is 0.125. The molecule has 3 aromatic carbocycles. The normalized spacial score (nSPS) is 15.6. The summed E-state index contributed by atoms with van der Waals surface area (Å²) in [6.45, 7) is 6.78. The number of fused-ring (bicyclic) bond motifs is 1. The first-order valence-corrected chi connectivity index (χ1v) is 10.5. The third-order valence-corrected chi connectivity index (χ3v) is 5.42. The maximum atomic E-state index is 12.5. The smallest absolute Gasteiger partial charge is 0.261 e. The van der Waals surface area contributed by atoms with Crippen LogP contribution in [-0.4, -0.2) is 43.2 Å². The topological polar surface area (TPSA) is 50.8 Å². The van der Waals surface area contributed by atoms with Crippen molar-refractivity contribution in [2.75, 3.05) is 26.3 Å². The van der Waals surface area contributed by atoms with Crippen molar-refractivity contribution in [2.45, 2.75) is 26.1 Å². The van der Waals surface area contributed by atoms with E-state index in [1.807, 2.05) is 42.5 Å². The third kappa shape index (κ3) is 5.17. The number of rotatable bonds is 7. The van der Waals surface area contributed by atoms with Gasteiger partial charge in [0.25, 0.3) is 5.91 Å². The summed E-state index contributed by atoms with van der Waals surface area (Å²) >= 11 is 0. The lowest BCUT2D eigenvalue weighted by Crippen LogP contribution is -2.36. The SMILES string of the molecule is CC(Oc1cccc2ccccc12)C(=O)NCc1ccc(CN2CCOCC2)cc1. The Labute approximate surface area is 177 Å². The summed E-state index contributed by atoms with van der Waals surface area (Å²) in [6, 6.07) is 22.3. The number of benzene rings is 3. The molecule has 5 nitrogen and oxygen atoms in total. The van der Waals surface area contributed by atoms with Gasteiger partial charge in [0.15, 0.2) is 6.10 Å². The van der Waals surface area contributed by atoms with Gasteiger partial charge in [-0.15, -0.1) is 0 Å². The van der Waals surface area contributed by atoms with Crippen molar-refractivity contribution in [1.29, 1.82) is 0 Å². The lowest BCUT2D eigenvalue weighted by atomic mass is 10.1. The Morgan fingerprint density at radius 2 is 1.70 bits per heavy atom. The number of hydrogen-bond donors (Lipinski definition) is 1. The average Bonchev–Trinajstić information content (AvgIpc) is 2.79. The molecule has 4 rings (SSSR count). The first-order chi connectivity index (χ1) is 14.7. The van der Waals surface area contributed by atoms with E-state index in [4.69, 9.17) is 9.47 Å². The summed E-state index contributed by atoms with van der Waals surface area (Å²) in [5.74, 6) is 0.601. The highest BCUT2D eigenvalue weighted by atomic mass is 16.5. The molecule has 0 bridgehead atoms. The van der Waals surface area contributed by atoms with Crippen LogP contribution in [0, 0.1) is 0 Å². The van der Waals surface area contributed by atoms with Gasteiger partial charge in [-0.2, -0.15) is 0 Å². The first-order valence-electron chi connectivity index (χ1n) is 10.5. The second-order valence-electron chi connectivity index (χ2n) is 7.66. The lowest BCUT2D eigenvalue weighted by Gasteiger charge is -2.26. The molecule has 1 atom stereocenters. The Balaban J connectivity index is 1.29. The Bertz CT molecular complexity index is 976. The zero-order valence-electron chi connectivity index (χ0n) is 17.3. The molecule has 1 N–H and O–H groups in total. The highest BCUT2D eigenvalue weighted by molar-refractivity contribution is 5.89. The van der Waals surface area contributed by atoms with E-state index in [-0.39, 0.29) is 5.91 Å². The van der Waals surface area contributed by atoms with Gasteiger partial charge in [0.1, 0.15) is 5.75 Å². The Morgan fingerprint density at radius 3 is 2.50 bits per heavy atom. The van der Waals surface area contributed by atoms with E-state index in [1.165, 1.54) is 5.56 Å². The highest BCUT2D eigenvalue weighted by Crippen LogP contribution is 2.26. The standard InChI is InChI=1S/C25H28N2O3/c1-19(30-24-8-4-6-22-5-2-3-7-23(22)24)25(28)26-17-20-9-11-21(12-10-20)18-27-13-15-29-16-14-27/h2-12,19H,13-18H2,1H3,(H,26,28). The molecule has 1 amide bonds. The Hall–Kier alpha value is -2.89. The van der Waals surface area contributed by atoms with Gasteiger partial charge in [0, 0.05) is 31.6 Å². The molecule has 3 aromatic rings. The van der Waals surface area contributed by atoms with Gasteiger partial charge in [0.2, 0.25) is 0 Å². The van der Waals surface area contributed by atoms with E-state index in [0.29, 0.717) is 6.54 Å². The number of ether oxygens (including phenoxy) is 2. The van der Waals surface area contributed by atoms with Gasteiger partial charge in [-0.05, 0) is 29.5 Å². The number of hydrogen-bond acceptors (Lipinski definition) is 4. The van der Waals surface area contributed by atoms with Crippen molar-refractivity contribution in [3.63, 3.8) is 0 Å². The second kappa shape index (κ2) is 9.74. The molecule has 1 saturated heterocycles. The molecule has 0 aromatic heterocycles. The number of morpholine rings is 1. The summed E-state index contributed by atoms with van der Waals surface area (Å²) in [5.41, 5.74) is 2.35. The van der Waals surface area contributed by atoms with Gasteiger partial charge >= 0.3 is 0 Å². The summed E-state index contributed by atoms with van der Waals surface area (Å²) in [7, 11) is 0. The van der Waals surface area contributed by atoms with Crippen molar-refractivity contribution in [2.24, 2.45) is 0 Å². The zero-order chi connectivity index (χ0) is 20.8. The predicted molar refractivity (Wildman–Crippen MR) is 118 cm³/mol. The molecule has 156 valence electrons. The van der Waals surface area contributed by atoms with Gasteiger partial charge in [-0.1, -0.05) is 60.7 Å². The maximum absolute atomic E-state index is 12.5. The number of carbonyl (C=O) groups excluding carboxylic acids is 1. The van der Waals surface area contributed by atoms with E-state index in [2.05, 4.69) is 34.5 Å². The first kappa shape index (κ1) is 20.4.